The molecule has 9 nitrogen and oxygen atoms in total. The zero-order valence-corrected chi connectivity index (χ0v) is 16.6. The molecular formula is C18H21N5O4S. The van der Waals surface area contributed by atoms with Gasteiger partial charge in [0.1, 0.15) is 5.69 Å². The fourth-order valence-electron chi connectivity index (χ4n) is 2.59. The number of para-hydroxylation sites is 1. The Kier molecular flexibility index (Phi) is 5.43. The molecule has 1 amide bonds. The van der Waals surface area contributed by atoms with E-state index in [4.69, 9.17) is 4.18 Å². The van der Waals surface area contributed by atoms with Gasteiger partial charge in [-0.15, -0.1) is 5.10 Å². The summed E-state index contributed by atoms with van der Waals surface area (Å²) >= 11 is 0. The Morgan fingerprint density at radius 2 is 2.04 bits per heavy atom. The first-order valence-corrected chi connectivity index (χ1v) is 10.4. The van der Waals surface area contributed by atoms with Crippen LogP contribution in [0.3, 0.4) is 0 Å². The predicted molar refractivity (Wildman–Crippen MR) is 103 cm³/mol. The van der Waals surface area contributed by atoms with E-state index in [1.54, 1.807) is 26.1 Å². The van der Waals surface area contributed by atoms with Gasteiger partial charge in [0.2, 0.25) is 0 Å². The van der Waals surface area contributed by atoms with Crippen LogP contribution in [0.25, 0.3) is 10.9 Å². The third-order valence-corrected chi connectivity index (χ3v) is 4.67. The molecule has 3 aromatic rings. The lowest BCUT2D eigenvalue weighted by molar-refractivity contribution is 0.0910. The number of fused-ring (bicyclic) bond motifs is 1. The predicted octanol–water partition coefficient (Wildman–Crippen LogP) is 1.47. The van der Waals surface area contributed by atoms with Crippen molar-refractivity contribution in [1.29, 1.82) is 0 Å². The third-order valence-electron chi connectivity index (χ3n) is 4.08. The van der Waals surface area contributed by atoms with E-state index in [9.17, 15) is 13.2 Å². The van der Waals surface area contributed by atoms with Crippen molar-refractivity contribution in [3.63, 3.8) is 0 Å². The molecule has 1 aromatic carbocycles. The largest absolute Gasteiger partial charge is 0.341 e. The van der Waals surface area contributed by atoms with Gasteiger partial charge in [0.05, 0.1) is 42.2 Å². The van der Waals surface area contributed by atoms with Crippen molar-refractivity contribution in [2.75, 3.05) is 12.9 Å². The molecule has 148 valence electrons. The number of rotatable bonds is 7. The molecule has 0 atom stereocenters. The van der Waals surface area contributed by atoms with Crippen LogP contribution in [-0.4, -0.2) is 47.2 Å². The number of nitrogens with zero attached hydrogens (tertiary/aromatic N) is 4. The number of carbonyl (C=O) groups excluding carboxylic acids is 1. The second-order valence-corrected chi connectivity index (χ2v) is 8.53. The van der Waals surface area contributed by atoms with Crippen LogP contribution < -0.4 is 5.32 Å². The first-order valence-electron chi connectivity index (χ1n) is 8.56. The molecular weight excluding hydrogens is 382 g/mol. The van der Waals surface area contributed by atoms with Gasteiger partial charge in [0, 0.05) is 11.6 Å². The number of pyridine rings is 1. The van der Waals surface area contributed by atoms with Gasteiger partial charge in [-0.3, -0.25) is 14.0 Å². The number of carbonyl (C=O) groups is 1. The molecule has 2 aromatic heterocycles. The fraction of sp³-hybridized carbons (Fsp3) is 0.333. The second-order valence-electron chi connectivity index (χ2n) is 6.89. The normalized spacial score (nSPS) is 12.2. The van der Waals surface area contributed by atoms with Crippen LogP contribution in [0, 0.1) is 0 Å². The average molecular weight is 403 g/mol. The maximum atomic E-state index is 12.7. The molecule has 0 aliphatic carbocycles. The highest BCUT2D eigenvalue weighted by atomic mass is 32.2. The van der Waals surface area contributed by atoms with Crippen molar-refractivity contribution < 1.29 is 17.4 Å². The number of nitrogens with one attached hydrogen (secondary N) is 1. The Hall–Kier alpha value is -2.85. The van der Waals surface area contributed by atoms with Crippen LogP contribution in [0.5, 0.6) is 0 Å². The van der Waals surface area contributed by atoms with Crippen LogP contribution in [0.2, 0.25) is 0 Å². The van der Waals surface area contributed by atoms with Crippen molar-refractivity contribution in [3.05, 3.63) is 54.0 Å². The van der Waals surface area contributed by atoms with Gasteiger partial charge < -0.3 is 5.32 Å². The summed E-state index contributed by atoms with van der Waals surface area (Å²) in [5.41, 5.74) is 1.01. The minimum atomic E-state index is -3.50. The van der Waals surface area contributed by atoms with E-state index in [0.717, 1.165) is 17.2 Å². The van der Waals surface area contributed by atoms with E-state index in [0.29, 0.717) is 11.3 Å². The molecule has 10 heteroatoms. The third kappa shape index (κ3) is 4.90. The first kappa shape index (κ1) is 19.9. The number of hydrogen-bond donors (Lipinski definition) is 1. The van der Waals surface area contributed by atoms with Crippen LogP contribution in [0.4, 0.5) is 0 Å². The zero-order valence-electron chi connectivity index (χ0n) is 15.8. The molecule has 2 heterocycles. The van der Waals surface area contributed by atoms with E-state index >= 15 is 0 Å². The lowest BCUT2D eigenvalue weighted by Crippen LogP contribution is -2.41. The molecule has 0 saturated heterocycles. The Morgan fingerprint density at radius 3 is 2.79 bits per heavy atom. The Bertz CT molecular complexity index is 1110. The van der Waals surface area contributed by atoms with E-state index in [1.807, 2.05) is 24.3 Å². The molecule has 3 rings (SSSR count). The molecule has 28 heavy (non-hydrogen) atoms. The summed E-state index contributed by atoms with van der Waals surface area (Å²) in [4.78, 5) is 17.0. The smallest absolute Gasteiger partial charge is 0.264 e. The minimum absolute atomic E-state index is 0.0445. The van der Waals surface area contributed by atoms with Crippen molar-refractivity contribution in [2.24, 2.45) is 0 Å². The van der Waals surface area contributed by atoms with Gasteiger partial charge in [-0.05, 0) is 26.0 Å². The van der Waals surface area contributed by atoms with Gasteiger partial charge in [0.15, 0.2) is 0 Å². The molecule has 0 saturated carbocycles. The van der Waals surface area contributed by atoms with Crippen LogP contribution >= 0.6 is 0 Å². The number of aromatic nitrogens is 4. The Balaban J connectivity index is 1.69. The second kappa shape index (κ2) is 7.64. The number of amides is 1. The first-order chi connectivity index (χ1) is 13.1. The molecule has 0 fully saturated rings. The van der Waals surface area contributed by atoms with Gasteiger partial charge in [-0.1, -0.05) is 23.4 Å². The summed E-state index contributed by atoms with van der Waals surface area (Å²) < 4.78 is 28.2. The van der Waals surface area contributed by atoms with Crippen LogP contribution in [0.15, 0.2) is 42.7 Å². The maximum Gasteiger partial charge on any atom is 0.264 e. The lowest BCUT2D eigenvalue weighted by Gasteiger charge is -2.23. The van der Waals surface area contributed by atoms with E-state index < -0.39 is 15.7 Å². The van der Waals surface area contributed by atoms with Crippen LogP contribution in [0.1, 0.15) is 29.9 Å². The number of benzene rings is 1. The van der Waals surface area contributed by atoms with Gasteiger partial charge in [-0.2, -0.15) is 8.42 Å². The summed E-state index contributed by atoms with van der Waals surface area (Å²) in [7, 11) is -3.50. The summed E-state index contributed by atoms with van der Waals surface area (Å²) in [6, 6.07) is 9.35. The highest BCUT2D eigenvalue weighted by molar-refractivity contribution is 7.85. The summed E-state index contributed by atoms with van der Waals surface area (Å²) in [5.74, 6) is -0.279. The maximum absolute atomic E-state index is 12.7. The molecule has 0 spiro atoms. The van der Waals surface area contributed by atoms with Crippen molar-refractivity contribution in [1.82, 2.24) is 25.3 Å². The monoisotopic (exact) mass is 403 g/mol. The van der Waals surface area contributed by atoms with Gasteiger partial charge in [-0.25, -0.2) is 4.68 Å². The summed E-state index contributed by atoms with van der Waals surface area (Å²) in [6.45, 7) is 3.79. The van der Waals surface area contributed by atoms with Crippen molar-refractivity contribution in [3.8, 4) is 0 Å². The summed E-state index contributed by atoms with van der Waals surface area (Å²) in [6.07, 6.45) is 4.16. The topological polar surface area (TPSA) is 116 Å². The van der Waals surface area contributed by atoms with E-state index in [-0.39, 0.29) is 19.1 Å². The highest BCUT2D eigenvalue weighted by Crippen LogP contribution is 2.19. The summed E-state index contributed by atoms with van der Waals surface area (Å²) in [5, 5.41) is 11.8. The quantitative estimate of drug-likeness (QED) is 0.594. The molecule has 0 bridgehead atoms. The van der Waals surface area contributed by atoms with Crippen molar-refractivity contribution in [2.45, 2.75) is 25.9 Å². The van der Waals surface area contributed by atoms with E-state index in [2.05, 4.69) is 20.6 Å². The molecule has 0 radical (unpaired) electrons. The Morgan fingerprint density at radius 1 is 1.29 bits per heavy atom. The van der Waals surface area contributed by atoms with Crippen molar-refractivity contribution >= 4 is 26.9 Å². The lowest BCUT2D eigenvalue weighted by atomic mass is 10.0. The molecule has 0 unspecified atom stereocenters. The van der Waals surface area contributed by atoms with Gasteiger partial charge >= 0.3 is 0 Å². The average Bonchev–Trinajstić information content (AvgIpc) is 3.10. The standard InChI is InChI=1S/C18H21N5O4S/c1-18(2,16-12-23(22-21-16)8-9-27-28(3,25)26)20-17(24)14-10-13-6-4-5-7-15(13)19-11-14/h4-7,10-12H,8-9H2,1-3H3,(H,20,24). The van der Waals surface area contributed by atoms with Gasteiger partial charge in [0.25, 0.3) is 16.0 Å². The van der Waals surface area contributed by atoms with E-state index in [1.165, 1.54) is 10.9 Å². The molecule has 1 N–H and O–H groups in total. The zero-order chi connectivity index (χ0) is 20.4. The minimum Gasteiger partial charge on any atom is -0.341 e. The molecule has 0 aliphatic heterocycles. The fourth-order valence-corrected chi connectivity index (χ4v) is 2.97. The molecule has 0 aliphatic rings. The SMILES string of the molecule is CC(C)(NC(=O)c1cnc2ccccc2c1)c1cn(CCOS(C)(=O)=O)nn1. The highest BCUT2D eigenvalue weighted by Gasteiger charge is 2.27. The number of hydrogen-bond acceptors (Lipinski definition) is 7. The van der Waals surface area contributed by atoms with Crippen LogP contribution in [-0.2, 0) is 26.4 Å². The Labute approximate surface area is 162 Å².